The fourth-order valence-electron chi connectivity index (χ4n) is 2.78. The third-order valence-electron chi connectivity index (χ3n) is 4.28. The highest BCUT2D eigenvalue weighted by Crippen LogP contribution is 2.32. The molecule has 0 atom stereocenters. The number of carbonyl (C=O) groups is 1. The van der Waals surface area contributed by atoms with Crippen molar-refractivity contribution in [1.29, 1.82) is 0 Å². The van der Waals surface area contributed by atoms with Gasteiger partial charge < -0.3 is 14.8 Å². The lowest BCUT2D eigenvalue weighted by atomic mass is 10.1. The summed E-state index contributed by atoms with van der Waals surface area (Å²) in [5.41, 5.74) is 1.93. The molecule has 8 nitrogen and oxygen atoms in total. The van der Waals surface area contributed by atoms with Crippen molar-refractivity contribution >= 4 is 27.9 Å². The Bertz CT molecular complexity index is 1140. The van der Waals surface area contributed by atoms with E-state index in [4.69, 9.17) is 9.47 Å². The predicted octanol–water partition coefficient (Wildman–Crippen LogP) is 4.15. The number of nitrogens with one attached hydrogen (secondary N) is 1. The van der Waals surface area contributed by atoms with E-state index in [1.165, 1.54) is 11.3 Å². The van der Waals surface area contributed by atoms with Crippen LogP contribution in [0.15, 0.2) is 48.8 Å². The summed E-state index contributed by atoms with van der Waals surface area (Å²) in [5.74, 6) is 1.50. The topological polar surface area (TPSA) is 90.6 Å². The molecule has 4 aromatic rings. The van der Waals surface area contributed by atoms with Gasteiger partial charge in [-0.1, -0.05) is 25.2 Å². The van der Waals surface area contributed by atoms with Gasteiger partial charge in [-0.3, -0.25) is 4.79 Å². The first-order valence-electron chi connectivity index (χ1n) is 9.43. The Hall–Kier alpha value is -3.46. The van der Waals surface area contributed by atoms with Crippen LogP contribution >= 0.6 is 11.3 Å². The van der Waals surface area contributed by atoms with E-state index >= 15 is 0 Å². The third kappa shape index (κ3) is 4.25. The van der Waals surface area contributed by atoms with E-state index in [1.807, 2.05) is 12.1 Å². The van der Waals surface area contributed by atoms with Gasteiger partial charge in [0.05, 0.1) is 19.4 Å². The number of amides is 1. The second kappa shape index (κ2) is 8.50. The molecule has 0 spiro atoms. The van der Waals surface area contributed by atoms with Gasteiger partial charge in [-0.2, -0.15) is 9.61 Å². The van der Waals surface area contributed by atoms with Crippen LogP contribution in [0.2, 0.25) is 0 Å². The summed E-state index contributed by atoms with van der Waals surface area (Å²) in [7, 11) is 1.56. The number of fused-ring (bicyclic) bond motifs is 1. The number of carbonyl (C=O) groups excluding carboxylic acids is 1. The molecule has 9 heteroatoms. The van der Waals surface area contributed by atoms with Crippen molar-refractivity contribution < 1.29 is 14.3 Å². The smallest absolute Gasteiger partial charge is 0.255 e. The maximum Gasteiger partial charge on any atom is 0.255 e. The predicted molar refractivity (Wildman–Crippen MR) is 115 cm³/mol. The van der Waals surface area contributed by atoms with E-state index < -0.39 is 0 Å². The molecule has 2 aromatic heterocycles. The molecule has 1 N–H and O–H groups in total. The zero-order valence-corrected chi connectivity index (χ0v) is 17.6. The summed E-state index contributed by atoms with van der Waals surface area (Å²) in [6.45, 7) is 4.81. The van der Waals surface area contributed by atoms with Gasteiger partial charge in [0.25, 0.3) is 5.91 Å². The molecule has 0 aliphatic carbocycles. The Morgan fingerprint density at radius 1 is 1.20 bits per heavy atom. The van der Waals surface area contributed by atoms with Crippen LogP contribution in [-0.2, 0) is 0 Å². The minimum Gasteiger partial charge on any atom is -0.495 e. The molecule has 0 aliphatic rings. The first kappa shape index (κ1) is 19.8. The SMILES string of the molecule is COc1ccc(-c2nn3cnnc3s2)cc1NC(=O)c1ccc(OCC(C)C)cc1. The minimum absolute atomic E-state index is 0.237. The molecule has 0 fully saturated rings. The van der Waals surface area contributed by atoms with Gasteiger partial charge in [0, 0.05) is 11.1 Å². The number of anilines is 1. The monoisotopic (exact) mass is 423 g/mol. The first-order valence-corrected chi connectivity index (χ1v) is 10.2. The highest BCUT2D eigenvalue weighted by Gasteiger charge is 2.14. The fraction of sp³-hybridized carbons (Fsp3) is 0.238. The molecule has 2 heterocycles. The molecule has 0 saturated carbocycles. The van der Waals surface area contributed by atoms with Crippen molar-refractivity contribution in [3.05, 3.63) is 54.4 Å². The lowest BCUT2D eigenvalue weighted by molar-refractivity contribution is 0.102. The Kier molecular flexibility index (Phi) is 5.62. The van der Waals surface area contributed by atoms with Crippen LogP contribution in [0.4, 0.5) is 5.69 Å². The zero-order valence-electron chi connectivity index (χ0n) is 16.8. The Labute approximate surface area is 177 Å². The van der Waals surface area contributed by atoms with Crippen LogP contribution in [0.25, 0.3) is 15.5 Å². The molecule has 4 rings (SSSR count). The van der Waals surface area contributed by atoms with Crippen LogP contribution in [0.1, 0.15) is 24.2 Å². The maximum absolute atomic E-state index is 12.8. The molecular formula is C21H21N5O3S. The van der Waals surface area contributed by atoms with Crippen LogP contribution in [0.5, 0.6) is 11.5 Å². The highest BCUT2D eigenvalue weighted by molar-refractivity contribution is 7.19. The normalized spacial score (nSPS) is 11.1. The second-order valence-electron chi connectivity index (χ2n) is 7.06. The largest absolute Gasteiger partial charge is 0.495 e. The maximum atomic E-state index is 12.8. The van der Waals surface area contributed by atoms with Gasteiger partial charge >= 0.3 is 0 Å². The summed E-state index contributed by atoms with van der Waals surface area (Å²) < 4.78 is 12.7. The second-order valence-corrected chi connectivity index (χ2v) is 8.02. The van der Waals surface area contributed by atoms with Gasteiger partial charge in [0.1, 0.15) is 22.8 Å². The number of hydrogen-bond donors (Lipinski definition) is 1. The molecule has 1 amide bonds. The van der Waals surface area contributed by atoms with Crippen LogP contribution in [0, 0.1) is 5.92 Å². The van der Waals surface area contributed by atoms with Crippen LogP contribution in [0.3, 0.4) is 0 Å². The Morgan fingerprint density at radius 2 is 2.00 bits per heavy atom. The van der Waals surface area contributed by atoms with E-state index in [0.29, 0.717) is 34.5 Å². The number of aromatic nitrogens is 4. The van der Waals surface area contributed by atoms with E-state index in [-0.39, 0.29) is 5.91 Å². The fourth-order valence-corrected chi connectivity index (χ4v) is 3.59. The molecule has 0 bridgehead atoms. The number of methoxy groups -OCH3 is 1. The molecule has 0 radical (unpaired) electrons. The summed E-state index contributed by atoms with van der Waals surface area (Å²) in [6, 6.07) is 12.6. The van der Waals surface area contributed by atoms with Crippen LogP contribution in [-0.4, -0.2) is 39.4 Å². The van der Waals surface area contributed by atoms with Gasteiger partial charge in [-0.15, -0.1) is 10.2 Å². The van der Waals surface area contributed by atoms with Crippen molar-refractivity contribution in [2.24, 2.45) is 5.92 Å². The van der Waals surface area contributed by atoms with E-state index in [0.717, 1.165) is 16.3 Å². The molecule has 2 aromatic carbocycles. The van der Waals surface area contributed by atoms with Crippen LogP contribution < -0.4 is 14.8 Å². The lowest BCUT2D eigenvalue weighted by Crippen LogP contribution is -2.13. The van der Waals surface area contributed by atoms with E-state index in [9.17, 15) is 4.79 Å². The number of nitrogens with zero attached hydrogens (tertiary/aromatic N) is 4. The molecule has 0 aliphatic heterocycles. The number of benzene rings is 2. The molecule has 0 unspecified atom stereocenters. The van der Waals surface area contributed by atoms with Crippen molar-refractivity contribution in [2.75, 3.05) is 19.0 Å². The number of ether oxygens (including phenoxy) is 2. The quantitative estimate of drug-likeness (QED) is 0.480. The molecule has 30 heavy (non-hydrogen) atoms. The van der Waals surface area contributed by atoms with Crippen molar-refractivity contribution in [2.45, 2.75) is 13.8 Å². The van der Waals surface area contributed by atoms with Crippen molar-refractivity contribution in [1.82, 2.24) is 19.8 Å². The van der Waals surface area contributed by atoms with Gasteiger partial charge in [0.2, 0.25) is 4.96 Å². The Balaban J connectivity index is 1.54. The Morgan fingerprint density at radius 3 is 2.70 bits per heavy atom. The lowest BCUT2D eigenvalue weighted by Gasteiger charge is -2.12. The zero-order chi connectivity index (χ0) is 21.1. The summed E-state index contributed by atoms with van der Waals surface area (Å²) in [4.78, 5) is 13.5. The minimum atomic E-state index is -0.237. The number of rotatable bonds is 7. The van der Waals surface area contributed by atoms with Crippen molar-refractivity contribution in [3.63, 3.8) is 0 Å². The average molecular weight is 423 g/mol. The van der Waals surface area contributed by atoms with Gasteiger partial charge in [-0.25, -0.2) is 0 Å². The van der Waals surface area contributed by atoms with E-state index in [1.54, 1.807) is 48.3 Å². The number of hydrogen-bond acceptors (Lipinski definition) is 7. The van der Waals surface area contributed by atoms with E-state index in [2.05, 4.69) is 34.5 Å². The standard InChI is InChI=1S/C21H21N5O3S/c1-13(2)11-29-16-7-4-14(5-8-16)19(27)23-17-10-15(6-9-18(17)28-3)20-25-26-12-22-24-21(26)30-20/h4-10,12-13H,11H2,1-3H3,(H,23,27). The molecular weight excluding hydrogens is 402 g/mol. The highest BCUT2D eigenvalue weighted by atomic mass is 32.1. The third-order valence-corrected chi connectivity index (χ3v) is 5.24. The van der Waals surface area contributed by atoms with Gasteiger partial charge in [-0.05, 0) is 48.4 Å². The average Bonchev–Trinajstić information content (AvgIpc) is 3.35. The molecule has 0 saturated heterocycles. The summed E-state index contributed by atoms with van der Waals surface area (Å²) in [5, 5.41) is 16.0. The van der Waals surface area contributed by atoms with Gasteiger partial charge in [0.15, 0.2) is 0 Å². The molecule has 154 valence electrons. The summed E-state index contributed by atoms with van der Waals surface area (Å²) >= 11 is 1.41. The van der Waals surface area contributed by atoms with Crippen molar-refractivity contribution in [3.8, 4) is 22.1 Å². The first-order chi connectivity index (χ1) is 14.5. The summed E-state index contributed by atoms with van der Waals surface area (Å²) in [6.07, 6.45) is 1.55.